The van der Waals surface area contributed by atoms with Gasteiger partial charge in [-0.05, 0) is 63.1 Å². The molecule has 0 radical (unpaired) electrons. The number of thioether (sulfide) groups is 1. The first-order valence-electron chi connectivity index (χ1n) is 9.95. The van der Waals surface area contributed by atoms with Crippen LogP contribution in [0.2, 0.25) is 0 Å². The summed E-state index contributed by atoms with van der Waals surface area (Å²) in [5.41, 5.74) is 4.33. The van der Waals surface area contributed by atoms with Crippen molar-refractivity contribution in [1.29, 1.82) is 0 Å². The Bertz CT molecular complexity index is 1150. The van der Waals surface area contributed by atoms with Crippen LogP contribution in [0.4, 0.5) is 0 Å². The van der Waals surface area contributed by atoms with Crippen molar-refractivity contribution in [3.8, 4) is 5.69 Å². The zero-order valence-corrected chi connectivity index (χ0v) is 18.8. The maximum atomic E-state index is 13.4. The third kappa shape index (κ3) is 4.82. The molecule has 1 aromatic heterocycles. The molecule has 30 heavy (non-hydrogen) atoms. The van der Waals surface area contributed by atoms with Gasteiger partial charge in [0.1, 0.15) is 0 Å². The fourth-order valence-electron chi connectivity index (χ4n) is 3.44. The fraction of sp³-hybridized carbons (Fsp3) is 0.292. The predicted molar refractivity (Wildman–Crippen MR) is 125 cm³/mol. The van der Waals surface area contributed by atoms with Gasteiger partial charge in [0.05, 0.1) is 22.3 Å². The second kappa shape index (κ2) is 9.30. The van der Waals surface area contributed by atoms with Gasteiger partial charge in [-0.2, -0.15) is 0 Å². The van der Waals surface area contributed by atoms with Crippen molar-refractivity contribution in [2.24, 2.45) is 0 Å². The van der Waals surface area contributed by atoms with Gasteiger partial charge in [-0.1, -0.05) is 42.1 Å². The van der Waals surface area contributed by atoms with Gasteiger partial charge >= 0.3 is 0 Å². The number of likely N-dealkylation sites (N-methyl/N-ethyl adjacent to an activating group) is 1. The molecule has 3 rings (SSSR count). The minimum atomic E-state index is -0.130. The summed E-state index contributed by atoms with van der Waals surface area (Å²) in [7, 11) is 0. The van der Waals surface area contributed by atoms with E-state index in [2.05, 4.69) is 12.6 Å². The first-order valence-corrected chi connectivity index (χ1v) is 10.9. The number of carbonyl (C=O) groups excluding carboxylic acids is 1. The molecule has 156 valence electrons. The predicted octanol–water partition coefficient (Wildman–Crippen LogP) is 4.52. The number of amides is 1. The normalized spacial score (nSPS) is 10.9. The third-order valence-corrected chi connectivity index (χ3v) is 5.65. The topological polar surface area (TPSA) is 55.2 Å². The van der Waals surface area contributed by atoms with Gasteiger partial charge in [0, 0.05) is 13.1 Å². The van der Waals surface area contributed by atoms with Gasteiger partial charge in [0.25, 0.3) is 5.56 Å². The van der Waals surface area contributed by atoms with Crippen molar-refractivity contribution in [2.75, 3.05) is 18.8 Å². The molecule has 6 heteroatoms. The summed E-state index contributed by atoms with van der Waals surface area (Å²) in [5.74, 6) is 0.205. The largest absolute Gasteiger partial charge is 0.338 e. The Balaban J connectivity index is 2.06. The molecule has 0 saturated carbocycles. The van der Waals surface area contributed by atoms with E-state index in [1.807, 2.05) is 58.0 Å². The monoisotopic (exact) mass is 421 g/mol. The van der Waals surface area contributed by atoms with Crippen molar-refractivity contribution in [3.63, 3.8) is 0 Å². The SMILES string of the molecule is C=C(C)CN(CC)C(=O)CSc1nc2ccccc2c(=O)n1-c1cc(C)cc(C)c1. The molecule has 0 aliphatic rings. The molecular formula is C24H27N3O2S. The lowest BCUT2D eigenvalue weighted by molar-refractivity contribution is -0.127. The van der Waals surface area contributed by atoms with Gasteiger partial charge in [-0.3, -0.25) is 14.2 Å². The summed E-state index contributed by atoms with van der Waals surface area (Å²) in [4.78, 5) is 32.6. The van der Waals surface area contributed by atoms with Crippen LogP contribution in [0.1, 0.15) is 25.0 Å². The van der Waals surface area contributed by atoms with Crippen molar-refractivity contribution in [2.45, 2.75) is 32.9 Å². The Labute approximate surface area is 181 Å². The number of aromatic nitrogens is 2. The third-order valence-electron chi connectivity index (χ3n) is 4.73. The van der Waals surface area contributed by atoms with E-state index in [4.69, 9.17) is 4.98 Å². The highest BCUT2D eigenvalue weighted by Crippen LogP contribution is 2.23. The molecule has 3 aromatic rings. The minimum Gasteiger partial charge on any atom is -0.338 e. The van der Waals surface area contributed by atoms with Crippen LogP contribution in [0.5, 0.6) is 0 Å². The summed E-state index contributed by atoms with van der Waals surface area (Å²) in [6.45, 7) is 12.9. The van der Waals surface area contributed by atoms with Crippen molar-refractivity contribution in [3.05, 3.63) is 76.1 Å². The van der Waals surface area contributed by atoms with Crippen LogP contribution in [0.15, 0.2) is 64.6 Å². The van der Waals surface area contributed by atoms with E-state index in [-0.39, 0.29) is 17.2 Å². The number of carbonyl (C=O) groups is 1. The van der Waals surface area contributed by atoms with E-state index in [0.717, 1.165) is 22.4 Å². The second-order valence-corrected chi connectivity index (χ2v) is 8.49. The smallest absolute Gasteiger partial charge is 0.266 e. The molecule has 0 aliphatic heterocycles. The van der Waals surface area contributed by atoms with Crippen LogP contribution in [0, 0.1) is 13.8 Å². The molecular weight excluding hydrogens is 394 g/mol. The standard InChI is InChI=1S/C24H27N3O2S/c1-6-26(14-16(2)3)22(28)15-30-24-25-21-10-8-7-9-20(21)23(29)27(24)19-12-17(4)11-18(5)13-19/h7-13H,2,6,14-15H2,1,3-5H3. The second-order valence-electron chi connectivity index (χ2n) is 7.55. The Morgan fingerprint density at radius 1 is 1.17 bits per heavy atom. The van der Waals surface area contributed by atoms with Crippen LogP contribution in [0.3, 0.4) is 0 Å². The highest BCUT2D eigenvalue weighted by atomic mass is 32.2. The molecule has 1 heterocycles. The average molecular weight is 422 g/mol. The number of hydrogen-bond acceptors (Lipinski definition) is 4. The van der Waals surface area contributed by atoms with Crippen LogP contribution >= 0.6 is 11.8 Å². The Morgan fingerprint density at radius 2 is 1.83 bits per heavy atom. The molecule has 0 spiro atoms. The zero-order chi connectivity index (χ0) is 21.8. The lowest BCUT2D eigenvalue weighted by atomic mass is 10.1. The van der Waals surface area contributed by atoms with E-state index in [0.29, 0.717) is 29.1 Å². The summed E-state index contributed by atoms with van der Waals surface area (Å²) in [5, 5.41) is 1.08. The number of hydrogen-bond donors (Lipinski definition) is 0. The molecule has 2 aromatic carbocycles. The van der Waals surface area contributed by atoms with E-state index in [9.17, 15) is 9.59 Å². The van der Waals surface area contributed by atoms with Crippen LogP contribution in [-0.2, 0) is 4.79 Å². The summed E-state index contributed by atoms with van der Waals surface area (Å²) >= 11 is 1.29. The van der Waals surface area contributed by atoms with E-state index < -0.39 is 0 Å². The molecule has 1 amide bonds. The highest BCUT2D eigenvalue weighted by Gasteiger charge is 2.17. The molecule has 0 saturated heterocycles. The maximum absolute atomic E-state index is 13.4. The number of aryl methyl sites for hydroxylation is 2. The van der Waals surface area contributed by atoms with Crippen molar-refractivity contribution >= 4 is 28.6 Å². The number of rotatable bonds is 7. The molecule has 0 unspecified atom stereocenters. The van der Waals surface area contributed by atoms with E-state index >= 15 is 0 Å². The van der Waals surface area contributed by atoms with E-state index in [1.165, 1.54) is 11.8 Å². The molecule has 0 aliphatic carbocycles. The van der Waals surface area contributed by atoms with Gasteiger partial charge in [-0.15, -0.1) is 0 Å². The summed E-state index contributed by atoms with van der Waals surface area (Å²) in [6, 6.07) is 13.3. The summed E-state index contributed by atoms with van der Waals surface area (Å²) in [6.07, 6.45) is 0. The maximum Gasteiger partial charge on any atom is 0.266 e. The van der Waals surface area contributed by atoms with E-state index in [1.54, 1.807) is 15.5 Å². The van der Waals surface area contributed by atoms with Gasteiger partial charge < -0.3 is 4.90 Å². The van der Waals surface area contributed by atoms with Gasteiger partial charge in [-0.25, -0.2) is 4.98 Å². The van der Waals surface area contributed by atoms with Crippen LogP contribution in [-0.4, -0.2) is 39.2 Å². The zero-order valence-electron chi connectivity index (χ0n) is 17.9. The number of fused-ring (bicyclic) bond motifs is 1. The molecule has 5 nitrogen and oxygen atoms in total. The lowest BCUT2D eigenvalue weighted by Crippen LogP contribution is -2.33. The van der Waals surface area contributed by atoms with Crippen molar-refractivity contribution < 1.29 is 4.79 Å². The molecule has 0 bridgehead atoms. The van der Waals surface area contributed by atoms with Crippen LogP contribution < -0.4 is 5.56 Å². The number of nitrogens with zero attached hydrogens (tertiary/aromatic N) is 3. The fourth-order valence-corrected chi connectivity index (χ4v) is 4.35. The Hall–Kier alpha value is -2.86. The quantitative estimate of drug-likeness (QED) is 0.320. The average Bonchev–Trinajstić information content (AvgIpc) is 2.69. The molecule has 0 atom stereocenters. The summed E-state index contributed by atoms with van der Waals surface area (Å²) < 4.78 is 1.62. The van der Waals surface area contributed by atoms with Gasteiger partial charge in [0.2, 0.25) is 5.91 Å². The highest BCUT2D eigenvalue weighted by molar-refractivity contribution is 7.99. The molecule has 0 fully saturated rings. The first-order chi connectivity index (χ1) is 14.3. The lowest BCUT2D eigenvalue weighted by Gasteiger charge is -2.21. The number of para-hydroxylation sites is 1. The first kappa shape index (κ1) is 21.8. The minimum absolute atomic E-state index is 0.000111. The van der Waals surface area contributed by atoms with Crippen LogP contribution in [0.25, 0.3) is 16.6 Å². The molecule has 0 N–H and O–H groups in total. The van der Waals surface area contributed by atoms with Crippen molar-refractivity contribution in [1.82, 2.24) is 14.5 Å². The Morgan fingerprint density at radius 3 is 2.47 bits per heavy atom. The van der Waals surface area contributed by atoms with Gasteiger partial charge in [0.15, 0.2) is 5.16 Å². The Kier molecular flexibility index (Phi) is 6.77. The number of benzene rings is 2.